The minimum Gasteiger partial charge on any atom is -0.497 e. The van der Waals surface area contributed by atoms with Gasteiger partial charge in [-0.25, -0.2) is 0 Å². The van der Waals surface area contributed by atoms with Crippen LogP contribution in [0.25, 0.3) is 0 Å². The van der Waals surface area contributed by atoms with Gasteiger partial charge in [-0.2, -0.15) is 5.26 Å². The number of rotatable bonds is 10. The number of nitrogens with one attached hydrogen (secondary N) is 1. The highest BCUT2D eigenvalue weighted by Gasteiger charge is 2.25. The molecule has 0 aromatic heterocycles. The van der Waals surface area contributed by atoms with Crippen LogP contribution >= 0.6 is 0 Å². The lowest BCUT2D eigenvalue weighted by Gasteiger charge is -2.18. The number of hydrogen-bond donors (Lipinski definition) is 1. The van der Waals surface area contributed by atoms with E-state index in [1.165, 1.54) is 0 Å². The van der Waals surface area contributed by atoms with Gasteiger partial charge in [-0.3, -0.25) is 9.59 Å². The van der Waals surface area contributed by atoms with E-state index in [2.05, 4.69) is 5.32 Å². The fraction of sp³-hybridized carbons (Fsp3) is 0.222. The zero-order chi connectivity index (χ0) is 24.3. The molecule has 0 bridgehead atoms. The Morgan fingerprint density at radius 3 is 1.94 bits per heavy atom. The lowest BCUT2D eigenvalue weighted by atomic mass is 10.1. The summed E-state index contributed by atoms with van der Waals surface area (Å²) in [5.41, 5.74) is 2.72. The molecule has 1 N–H and O–H groups in total. The third-order valence-electron chi connectivity index (χ3n) is 5.21. The van der Waals surface area contributed by atoms with E-state index in [0.29, 0.717) is 29.8 Å². The summed E-state index contributed by atoms with van der Waals surface area (Å²) >= 11 is 0. The van der Waals surface area contributed by atoms with E-state index in [-0.39, 0.29) is 6.42 Å². The minimum atomic E-state index is -1.13. The molecule has 7 nitrogen and oxygen atoms in total. The quantitative estimate of drug-likeness (QED) is 0.465. The Labute approximate surface area is 198 Å². The topological polar surface area (TPSA) is 97.7 Å². The van der Waals surface area contributed by atoms with E-state index in [1.807, 2.05) is 30.3 Å². The molecule has 0 saturated heterocycles. The van der Waals surface area contributed by atoms with Crippen molar-refractivity contribution in [2.75, 3.05) is 20.8 Å². The fourth-order valence-electron chi connectivity index (χ4n) is 3.30. The summed E-state index contributed by atoms with van der Waals surface area (Å²) in [6.45, 7) is 0.369. The second kappa shape index (κ2) is 12.1. The molecule has 34 heavy (non-hydrogen) atoms. The Balaban J connectivity index is 1.66. The number of esters is 1. The number of nitriles is 1. The number of carbonyl (C=O) groups is 2. The van der Waals surface area contributed by atoms with Crippen LogP contribution in [0.5, 0.6) is 11.5 Å². The highest BCUT2D eigenvalue weighted by molar-refractivity contribution is 5.85. The summed E-state index contributed by atoms with van der Waals surface area (Å²) in [4.78, 5) is 25.6. The molecule has 0 aliphatic carbocycles. The zero-order valence-electron chi connectivity index (χ0n) is 19.1. The summed E-state index contributed by atoms with van der Waals surface area (Å²) in [6, 6.07) is 23.1. The van der Waals surface area contributed by atoms with Gasteiger partial charge in [-0.15, -0.1) is 0 Å². The van der Waals surface area contributed by atoms with Crippen molar-refractivity contribution in [1.82, 2.24) is 5.32 Å². The van der Waals surface area contributed by atoms with E-state index in [1.54, 1.807) is 62.8 Å². The lowest BCUT2D eigenvalue weighted by molar-refractivity contribution is -0.155. The highest BCUT2D eigenvalue weighted by Crippen LogP contribution is 2.20. The molecule has 3 aromatic rings. The third kappa shape index (κ3) is 6.84. The molecule has 0 aliphatic rings. The van der Waals surface area contributed by atoms with Crippen molar-refractivity contribution in [3.63, 3.8) is 0 Å². The molecule has 0 radical (unpaired) electrons. The van der Waals surface area contributed by atoms with Crippen molar-refractivity contribution < 1.29 is 23.8 Å². The molecule has 0 aliphatic heterocycles. The maximum atomic E-state index is 13.0. The van der Waals surface area contributed by atoms with Gasteiger partial charge in [0.2, 0.25) is 6.10 Å². The van der Waals surface area contributed by atoms with Crippen LogP contribution in [0.4, 0.5) is 0 Å². The molecule has 3 aromatic carbocycles. The average molecular weight is 459 g/mol. The van der Waals surface area contributed by atoms with Crippen LogP contribution in [0.2, 0.25) is 0 Å². The van der Waals surface area contributed by atoms with Gasteiger partial charge in [0, 0.05) is 12.1 Å². The van der Waals surface area contributed by atoms with E-state index in [4.69, 9.17) is 19.5 Å². The summed E-state index contributed by atoms with van der Waals surface area (Å²) in [6.07, 6.45) is -0.514. The van der Waals surface area contributed by atoms with Crippen molar-refractivity contribution in [1.29, 1.82) is 5.26 Å². The van der Waals surface area contributed by atoms with Crippen molar-refractivity contribution >= 4 is 11.9 Å². The second-order valence-electron chi connectivity index (χ2n) is 7.52. The predicted octanol–water partition coefficient (Wildman–Crippen LogP) is 3.76. The van der Waals surface area contributed by atoms with Crippen molar-refractivity contribution in [3.05, 3.63) is 95.1 Å². The van der Waals surface area contributed by atoms with Gasteiger partial charge in [-0.1, -0.05) is 36.4 Å². The van der Waals surface area contributed by atoms with Crippen LogP contribution in [-0.2, 0) is 27.2 Å². The minimum absolute atomic E-state index is 0.00982. The van der Waals surface area contributed by atoms with Gasteiger partial charge >= 0.3 is 5.97 Å². The van der Waals surface area contributed by atoms with Crippen LogP contribution in [0.15, 0.2) is 72.8 Å². The van der Waals surface area contributed by atoms with Crippen molar-refractivity contribution in [2.24, 2.45) is 0 Å². The summed E-state index contributed by atoms with van der Waals surface area (Å²) in [5, 5.41) is 11.9. The average Bonchev–Trinajstić information content (AvgIpc) is 2.88. The smallest absolute Gasteiger partial charge is 0.311 e. The highest BCUT2D eigenvalue weighted by atomic mass is 16.5. The molecule has 1 unspecified atom stereocenters. The molecule has 174 valence electrons. The number of methoxy groups -OCH3 is 2. The molecule has 0 saturated carbocycles. The van der Waals surface area contributed by atoms with Gasteiger partial charge in [0.05, 0.1) is 32.3 Å². The Bertz CT molecular complexity index is 1130. The lowest BCUT2D eigenvalue weighted by Crippen LogP contribution is -2.33. The predicted molar refractivity (Wildman–Crippen MR) is 126 cm³/mol. The number of nitrogens with zero attached hydrogens (tertiary/aromatic N) is 1. The van der Waals surface area contributed by atoms with Gasteiger partial charge in [0.25, 0.3) is 5.91 Å². The van der Waals surface area contributed by atoms with Crippen LogP contribution in [-0.4, -0.2) is 32.6 Å². The van der Waals surface area contributed by atoms with Crippen LogP contribution < -0.4 is 14.8 Å². The van der Waals surface area contributed by atoms with Crippen LogP contribution in [0.3, 0.4) is 0 Å². The first-order chi connectivity index (χ1) is 16.5. The Kier molecular flexibility index (Phi) is 8.64. The van der Waals surface area contributed by atoms with Gasteiger partial charge < -0.3 is 19.5 Å². The van der Waals surface area contributed by atoms with E-state index < -0.39 is 18.0 Å². The van der Waals surface area contributed by atoms with E-state index >= 15 is 0 Å². The molecule has 1 amide bonds. The van der Waals surface area contributed by atoms with Crippen molar-refractivity contribution in [3.8, 4) is 17.6 Å². The molecule has 1 atom stereocenters. The number of amides is 1. The maximum Gasteiger partial charge on any atom is 0.311 e. The Morgan fingerprint density at radius 1 is 0.853 bits per heavy atom. The SMILES string of the molecule is COc1ccc(CCNC(=O)C(OC(=O)Cc2ccc(OC)cc2)c2ccc(C#N)cc2)cc1. The van der Waals surface area contributed by atoms with Crippen LogP contribution in [0.1, 0.15) is 28.4 Å². The molecular weight excluding hydrogens is 432 g/mol. The number of ether oxygens (including phenoxy) is 3. The Hall–Kier alpha value is -4.31. The maximum absolute atomic E-state index is 13.0. The summed E-state index contributed by atoms with van der Waals surface area (Å²) in [5.74, 6) is 0.479. The first kappa shape index (κ1) is 24.3. The largest absolute Gasteiger partial charge is 0.497 e. The molecule has 7 heteroatoms. The molecule has 0 spiro atoms. The Morgan fingerprint density at radius 2 is 1.41 bits per heavy atom. The summed E-state index contributed by atoms with van der Waals surface area (Å²) < 4.78 is 15.9. The normalized spacial score (nSPS) is 11.1. The van der Waals surface area contributed by atoms with Gasteiger partial charge in [0.1, 0.15) is 11.5 Å². The van der Waals surface area contributed by atoms with E-state index in [0.717, 1.165) is 16.9 Å². The monoisotopic (exact) mass is 458 g/mol. The molecular formula is C27H26N2O5. The number of hydrogen-bond acceptors (Lipinski definition) is 6. The van der Waals surface area contributed by atoms with Gasteiger partial charge in [0.15, 0.2) is 0 Å². The van der Waals surface area contributed by atoms with Gasteiger partial charge in [-0.05, 0) is 53.9 Å². The fourth-order valence-corrected chi connectivity index (χ4v) is 3.30. The third-order valence-corrected chi connectivity index (χ3v) is 5.21. The summed E-state index contributed by atoms with van der Waals surface area (Å²) in [7, 11) is 3.17. The van der Waals surface area contributed by atoms with Crippen molar-refractivity contribution in [2.45, 2.75) is 18.9 Å². The molecule has 3 rings (SSSR count). The van der Waals surface area contributed by atoms with E-state index in [9.17, 15) is 9.59 Å². The molecule has 0 heterocycles. The number of carbonyl (C=O) groups excluding carboxylic acids is 2. The first-order valence-electron chi connectivity index (χ1n) is 10.8. The molecule has 0 fully saturated rings. The number of benzene rings is 3. The second-order valence-corrected chi connectivity index (χ2v) is 7.52. The zero-order valence-corrected chi connectivity index (χ0v) is 19.1. The standard InChI is InChI=1S/C27H26N2O5/c1-32-23-11-5-19(6-12-23)15-16-29-27(31)26(22-9-3-21(18-28)4-10-22)34-25(30)17-20-7-13-24(33-2)14-8-20/h3-14,26H,15-17H2,1-2H3,(H,29,31). The first-order valence-corrected chi connectivity index (χ1v) is 10.8. The van der Waals surface area contributed by atoms with Crippen LogP contribution in [0, 0.1) is 11.3 Å².